The lowest BCUT2D eigenvalue weighted by atomic mass is 9.91. The Labute approximate surface area is 116 Å². The number of rotatable bonds is 2. The van der Waals surface area contributed by atoms with Crippen molar-refractivity contribution in [2.75, 3.05) is 13.1 Å². The van der Waals surface area contributed by atoms with E-state index in [0.717, 1.165) is 24.6 Å². The van der Waals surface area contributed by atoms with E-state index in [1.54, 1.807) is 0 Å². The number of piperazine rings is 1. The van der Waals surface area contributed by atoms with Crippen LogP contribution in [-0.4, -0.2) is 29.6 Å². The van der Waals surface area contributed by atoms with Gasteiger partial charge >= 0.3 is 0 Å². The van der Waals surface area contributed by atoms with Crippen LogP contribution < -0.4 is 5.32 Å². The molecule has 3 nitrogen and oxygen atoms in total. The van der Waals surface area contributed by atoms with E-state index < -0.39 is 0 Å². The highest BCUT2D eigenvalue weighted by Crippen LogP contribution is 2.36. The molecule has 1 aliphatic heterocycles. The van der Waals surface area contributed by atoms with E-state index in [1.165, 1.54) is 25.7 Å². The molecule has 1 aromatic rings. The van der Waals surface area contributed by atoms with Gasteiger partial charge in [0.2, 0.25) is 0 Å². The minimum atomic E-state index is 0.377. The summed E-state index contributed by atoms with van der Waals surface area (Å²) in [6, 6.07) is 5.16. The molecule has 3 heteroatoms. The van der Waals surface area contributed by atoms with Gasteiger partial charge in [0.15, 0.2) is 0 Å². The molecule has 1 saturated heterocycles. The Morgan fingerprint density at radius 1 is 1.37 bits per heavy atom. The van der Waals surface area contributed by atoms with Crippen molar-refractivity contribution in [3.8, 4) is 0 Å². The molecule has 1 saturated carbocycles. The average molecular weight is 262 g/mol. The van der Waals surface area contributed by atoms with Crippen LogP contribution in [0.3, 0.4) is 0 Å². The third-order valence-corrected chi connectivity index (χ3v) is 5.05. The van der Waals surface area contributed by atoms with Crippen LogP contribution in [0.2, 0.25) is 0 Å². The fourth-order valence-electron chi connectivity index (χ4n) is 3.79. The van der Waals surface area contributed by atoms with Gasteiger partial charge in [-0.2, -0.15) is 0 Å². The number of aryl methyl sites for hydroxylation is 1. The topological polar surface area (TPSA) is 28.4 Å². The predicted molar refractivity (Wildman–Crippen MR) is 77.2 cm³/mol. The number of furan rings is 1. The first-order chi connectivity index (χ1) is 9.10. The molecule has 2 aliphatic rings. The summed E-state index contributed by atoms with van der Waals surface area (Å²) in [6.45, 7) is 8.89. The minimum Gasteiger partial charge on any atom is -0.465 e. The fourth-order valence-corrected chi connectivity index (χ4v) is 3.79. The molecule has 0 amide bonds. The standard InChI is InChI=1S/C16H26N2O/c1-12-10-17-16(8-4-5-9-16)11-18(12)14(3)15-7-6-13(2)19-15/h6-7,12,14,17H,4-5,8-11H2,1-3H3. The molecule has 2 heterocycles. The van der Waals surface area contributed by atoms with Crippen molar-refractivity contribution in [2.45, 2.75) is 64.1 Å². The molecule has 2 fully saturated rings. The summed E-state index contributed by atoms with van der Waals surface area (Å²) in [4.78, 5) is 2.63. The molecular weight excluding hydrogens is 236 g/mol. The zero-order valence-electron chi connectivity index (χ0n) is 12.4. The highest BCUT2D eigenvalue weighted by atomic mass is 16.3. The van der Waals surface area contributed by atoms with Gasteiger partial charge in [-0.1, -0.05) is 12.8 Å². The van der Waals surface area contributed by atoms with E-state index in [9.17, 15) is 0 Å². The fraction of sp³-hybridized carbons (Fsp3) is 0.750. The highest BCUT2D eigenvalue weighted by molar-refractivity contribution is 5.11. The third-order valence-electron chi connectivity index (χ3n) is 5.05. The van der Waals surface area contributed by atoms with Gasteiger partial charge in [-0.25, -0.2) is 0 Å². The molecule has 106 valence electrons. The normalized spacial score (nSPS) is 28.9. The van der Waals surface area contributed by atoms with Crippen molar-refractivity contribution in [3.05, 3.63) is 23.7 Å². The summed E-state index contributed by atoms with van der Waals surface area (Å²) in [7, 11) is 0. The maximum Gasteiger partial charge on any atom is 0.121 e. The molecule has 1 N–H and O–H groups in total. The number of hydrogen-bond donors (Lipinski definition) is 1. The average Bonchev–Trinajstić information content (AvgIpc) is 3.02. The van der Waals surface area contributed by atoms with E-state index in [1.807, 2.05) is 6.92 Å². The molecule has 0 aromatic carbocycles. The second-order valence-corrected chi connectivity index (χ2v) is 6.51. The van der Waals surface area contributed by atoms with Crippen molar-refractivity contribution in [1.29, 1.82) is 0 Å². The van der Waals surface area contributed by atoms with Gasteiger partial charge < -0.3 is 9.73 Å². The molecule has 1 aliphatic carbocycles. The first-order valence-corrected chi connectivity index (χ1v) is 7.67. The van der Waals surface area contributed by atoms with Crippen LogP contribution in [0.1, 0.15) is 57.1 Å². The van der Waals surface area contributed by atoms with Crippen molar-refractivity contribution >= 4 is 0 Å². The van der Waals surface area contributed by atoms with Crippen LogP contribution in [0.5, 0.6) is 0 Å². The SMILES string of the molecule is Cc1ccc(C(C)N2CC3(CCCC3)NCC2C)o1. The number of hydrogen-bond acceptors (Lipinski definition) is 3. The van der Waals surface area contributed by atoms with E-state index >= 15 is 0 Å². The van der Waals surface area contributed by atoms with Gasteiger partial charge in [-0.3, -0.25) is 4.90 Å². The van der Waals surface area contributed by atoms with E-state index in [0.29, 0.717) is 17.6 Å². The van der Waals surface area contributed by atoms with Crippen LogP contribution in [0.25, 0.3) is 0 Å². The maximum atomic E-state index is 5.84. The van der Waals surface area contributed by atoms with Crippen LogP contribution in [-0.2, 0) is 0 Å². The van der Waals surface area contributed by atoms with Crippen LogP contribution >= 0.6 is 0 Å². The van der Waals surface area contributed by atoms with Gasteiger partial charge in [-0.15, -0.1) is 0 Å². The molecule has 0 bridgehead atoms. The van der Waals surface area contributed by atoms with Crippen LogP contribution in [0.4, 0.5) is 0 Å². The van der Waals surface area contributed by atoms with E-state index in [-0.39, 0.29) is 0 Å². The molecular formula is C16H26N2O. The van der Waals surface area contributed by atoms with Crippen molar-refractivity contribution in [3.63, 3.8) is 0 Å². The first-order valence-electron chi connectivity index (χ1n) is 7.67. The van der Waals surface area contributed by atoms with Gasteiger partial charge in [0.05, 0.1) is 6.04 Å². The maximum absolute atomic E-state index is 5.84. The molecule has 19 heavy (non-hydrogen) atoms. The Kier molecular flexibility index (Phi) is 3.44. The first kappa shape index (κ1) is 13.2. The zero-order valence-corrected chi connectivity index (χ0v) is 12.4. The summed E-state index contributed by atoms with van der Waals surface area (Å²) in [5.41, 5.74) is 0.377. The Morgan fingerprint density at radius 2 is 2.11 bits per heavy atom. The Bertz CT molecular complexity index is 434. The van der Waals surface area contributed by atoms with Gasteiger partial charge in [0.25, 0.3) is 0 Å². The van der Waals surface area contributed by atoms with Gasteiger partial charge in [0, 0.05) is 24.7 Å². The van der Waals surface area contributed by atoms with Gasteiger partial charge in [-0.05, 0) is 45.7 Å². The van der Waals surface area contributed by atoms with Crippen LogP contribution in [0, 0.1) is 6.92 Å². The van der Waals surface area contributed by atoms with Crippen molar-refractivity contribution in [1.82, 2.24) is 10.2 Å². The lowest BCUT2D eigenvalue weighted by Gasteiger charge is -2.47. The molecule has 0 radical (unpaired) electrons. The molecule has 2 unspecified atom stereocenters. The third kappa shape index (κ3) is 2.46. The molecule has 1 aromatic heterocycles. The molecule has 2 atom stereocenters. The quantitative estimate of drug-likeness (QED) is 0.887. The minimum absolute atomic E-state index is 0.377. The number of nitrogens with zero attached hydrogens (tertiary/aromatic N) is 1. The Balaban J connectivity index is 1.77. The van der Waals surface area contributed by atoms with Crippen molar-refractivity contribution in [2.24, 2.45) is 0 Å². The van der Waals surface area contributed by atoms with E-state index in [4.69, 9.17) is 4.42 Å². The number of nitrogens with one attached hydrogen (secondary N) is 1. The summed E-state index contributed by atoms with van der Waals surface area (Å²) < 4.78 is 5.84. The monoisotopic (exact) mass is 262 g/mol. The smallest absolute Gasteiger partial charge is 0.121 e. The second-order valence-electron chi connectivity index (χ2n) is 6.51. The zero-order chi connectivity index (χ0) is 13.5. The summed E-state index contributed by atoms with van der Waals surface area (Å²) in [6.07, 6.45) is 5.42. The largest absolute Gasteiger partial charge is 0.465 e. The van der Waals surface area contributed by atoms with Crippen LogP contribution in [0.15, 0.2) is 16.5 Å². The summed E-state index contributed by atoms with van der Waals surface area (Å²) in [5.74, 6) is 2.12. The lowest BCUT2D eigenvalue weighted by Crippen LogP contribution is -2.62. The predicted octanol–water partition coefficient (Wildman–Crippen LogP) is 3.26. The molecule has 1 spiro atoms. The van der Waals surface area contributed by atoms with E-state index in [2.05, 4.69) is 36.2 Å². The Hall–Kier alpha value is -0.800. The Morgan fingerprint density at radius 3 is 2.74 bits per heavy atom. The second kappa shape index (κ2) is 4.95. The summed E-state index contributed by atoms with van der Waals surface area (Å²) >= 11 is 0. The van der Waals surface area contributed by atoms with Gasteiger partial charge in [0.1, 0.15) is 11.5 Å². The summed E-state index contributed by atoms with van der Waals surface area (Å²) in [5, 5.41) is 3.81. The highest BCUT2D eigenvalue weighted by Gasteiger charge is 2.41. The van der Waals surface area contributed by atoms with Crippen molar-refractivity contribution < 1.29 is 4.42 Å². The molecule has 3 rings (SSSR count). The lowest BCUT2D eigenvalue weighted by molar-refractivity contribution is 0.0482.